The minimum atomic E-state index is -0.510. The lowest BCUT2D eigenvalue weighted by Crippen LogP contribution is -2.27. The lowest BCUT2D eigenvalue weighted by atomic mass is 10.1. The number of aromatic nitrogens is 2. The van der Waals surface area contributed by atoms with Gasteiger partial charge in [0, 0.05) is 25.0 Å². The molecule has 0 aliphatic heterocycles. The van der Waals surface area contributed by atoms with Crippen molar-refractivity contribution in [2.45, 2.75) is 19.9 Å². The molecule has 0 N–H and O–H groups in total. The molecule has 0 saturated heterocycles. The van der Waals surface area contributed by atoms with Crippen LogP contribution in [-0.2, 0) is 0 Å². The van der Waals surface area contributed by atoms with E-state index in [4.69, 9.17) is 11.6 Å². The third kappa shape index (κ3) is 3.28. The zero-order valence-electron chi connectivity index (χ0n) is 11.7. The Morgan fingerprint density at radius 3 is 2.76 bits per heavy atom. The Labute approximate surface area is 127 Å². The van der Waals surface area contributed by atoms with Crippen molar-refractivity contribution in [1.82, 2.24) is 9.97 Å². The number of nitrogens with zero attached hydrogens (tertiary/aromatic N) is 4. The van der Waals surface area contributed by atoms with Crippen LogP contribution in [0.15, 0.2) is 36.8 Å². The highest BCUT2D eigenvalue weighted by atomic mass is 35.5. The number of nitro groups is 1. The molecule has 0 radical (unpaired) electrons. The Kier molecular flexibility index (Phi) is 4.70. The van der Waals surface area contributed by atoms with Crippen LogP contribution < -0.4 is 4.90 Å². The number of halogens is 1. The van der Waals surface area contributed by atoms with Gasteiger partial charge in [-0.1, -0.05) is 17.7 Å². The number of hydrogen-bond acceptors (Lipinski definition) is 5. The molecule has 0 bridgehead atoms. The highest BCUT2D eigenvalue weighted by Gasteiger charge is 2.20. The van der Waals surface area contributed by atoms with Crippen molar-refractivity contribution in [3.8, 4) is 0 Å². The van der Waals surface area contributed by atoms with Crippen LogP contribution in [-0.4, -0.2) is 21.4 Å². The molecule has 7 heteroatoms. The highest BCUT2D eigenvalue weighted by Crippen LogP contribution is 2.32. The molecule has 0 aliphatic rings. The first-order chi connectivity index (χ1) is 10.0. The van der Waals surface area contributed by atoms with Crippen molar-refractivity contribution in [3.05, 3.63) is 57.5 Å². The number of pyridine rings is 2. The molecule has 0 fully saturated rings. The van der Waals surface area contributed by atoms with Gasteiger partial charge in [0.2, 0.25) is 0 Å². The largest absolute Gasteiger partial charge is 0.349 e. The fourth-order valence-corrected chi connectivity index (χ4v) is 2.41. The maximum absolute atomic E-state index is 10.7. The lowest BCUT2D eigenvalue weighted by Gasteiger charge is -2.29. The zero-order valence-corrected chi connectivity index (χ0v) is 12.5. The third-order valence-corrected chi connectivity index (χ3v) is 3.54. The second-order valence-corrected chi connectivity index (χ2v) is 4.91. The predicted molar refractivity (Wildman–Crippen MR) is 81.6 cm³/mol. The lowest BCUT2D eigenvalue weighted by molar-refractivity contribution is -0.385. The van der Waals surface area contributed by atoms with Crippen molar-refractivity contribution >= 4 is 23.1 Å². The average molecular weight is 307 g/mol. The van der Waals surface area contributed by atoms with Gasteiger partial charge >= 0.3 is 0 Å². The molecule has 2 heterocycles. The van der Waals surface area contributed by atoms with E-state index in [1.807, 2.05) is 30.9 Å². The molecule has 110 valence electrons. The van der Waals surface area contributed by atoms with Crippen LogP contribution in [0.1, 0.15) is 25.5 Å². The summed E-state index contributed by atoms with van der Waals surface area (Å²) in [5, 5.41) is 11.0. The molecular formula is C14H15ClN4O2. The summed E-state index contributed by atoms with van der Waals surface area (Å²) >= 11 is 6.15. The van der Waals surface area contributed by atoms with Gasteiger partial charge in [0.25, 0.3) is 5.69 Å². The van der Waals surface area contributed by atoms with Gasteiger partial charge in [-0.25, -0.2) is 4.98 Å². The monoisotopic (exact) mass is 306 g/mol. The molecule has 21 heavy (non-hydrogen) atoms. The van der Waals surface area contributed by atoms with Gasteiger partial charge in [-0.2, -0.15) is 0 Å². The van der Waals surface area contributed by atoms with Gasteiger partial charge in [-0.05, 0) is 25.5 Å². The van der Waals surface area contributed by atoms with Gasteiger partial charge in [0.15, 0.2) is 0 Å². The van der Waals surface area contributed by atoms with Gasteiger partial charge < -0.3 is 4.90 Å². The predicted octanol–water partition coefficient (Wildman–Crippen LogP) is 3.63. The zero-order chi connectivity index (χ0) is 15.4. The van der Waals surface area contributed by atoms with Crippen molar-refractivity contribution < 1.29 is 4.92 Å². The summed E-state index contributed by atoms with van der Waals surface area (Å²) in [6.07, 6.45) is 4.72. The Morgan fingerprint density at radius 1 is 1.48 bits per heavy atom. The van der Waals surface area contributed by atoms with Crippen LogP contribution in [0.25, 0.3) is 0 Å². The topological polar surface area (TPSA) is 72.2 Å². The van der Waals surface area contributed by atoms with Gasteiger partial charge in [-0.3, -0.25) is 15.1 Å². The fraction of sp³-hybridized carbons (Fsp3) is 0.286. The van der Waals surface area contributed by atoms with Gasteiger partial charge in [0.05, 0.1) is 16.0 Å². The summed E-state index contributed by atoms with van der Waals surface area (Å²) in [6.45, 7) is 4.66. The highest BCUT2D eigenvalue weighted by molar-refractivity contribution is 6.33. The Morgan fingerprint density at radius 2 is 2.24 bits per heavy atom. The minimum absolute atomic E-state index is 0.00940. The minimum Gasteiger partial charge on any atom is -0.349 e. The van der Waals surface area contributed by atoms with E-state index in [0.717, 1.165) is 5.56 Å². The number of anilines is 1. The van der Waals surface area contributed by atoms with Crippen LogP contribution in [0, 0.1) is 10.1 Å². The second kappa shape index (κ2) is 6.49. The van der Waals surface area contributed by atoms with Crippen LogP contribution in [0.3, 0.4) is 0 Å². The van der Waals surface area contributed by atoms with Crippen LogP contribution >= 0.6 is 11.6 Å². The molecule has 0 spiro atoms. The summed E-state index contributed by atoms with van der Waals surface area (Å²) in [5.74, 6) is 0.529. The first-order valence-corrected chi connectivity index (χ1v) is 6.89. The van der Waals surface area contributed by atoms with E-state index in [9.17, 15) is 10.1 Å². The van der Waals surface area contributed by atoms with Crippen LogP contribution in [0.4, 0.5) is 11.5 Å². The van der Waals surface area contributed by atoms with E-state index in [0.29, 0.717) is 12.4 Å². The molecule has 2 aromatic rings. The molecule has 6 nitrogen and oxygen atoms in total. The smallest absolute Gasteiger partial charge is 0.289 e. The molecule has 0 saturated carbocycles. The van der Waals surface area contributed by atoms with E-state index in [1.54, 1.807) is 12.4 Å². The molecule has 0 amide bonds. The molecule has 1 atom stereocenters. The maximum atomic E-state index is 10.7. The van der Waals surface area contributed by atoms with Gasteiger partial charge in [0.1, 0.15) is 12.0 Å². The van der Waals surface area contributed by atoms with Crippen molar-refractivity contribution in [2.75, 3.05) is 11.4 Å². The standard InChI is InChI=1S/C14H15ClN4O2/c1-3-18(10(2)11-5-4-6-16-8-11)14-13(15)7-12(9-17-14)19(20)21/h4-10H,3H2,1-2H3. The first kappa shape index (κ1) is 15.2. The molecular weight excluding hydrogens is 292 g/mol. The molecule has 2 rings (SSSR count). The Balaban J connectivity index is 2.35. The molecule has 2 aromatic heterocycles. The van der Waals surface area contributed by atoms with E-state index < -0.39 is 4.92 Å². The third-order valence-electron chi connectivity index (χ3n) is 3.27. The quantitative estimate of drug-likeness (QED) is 0.623. The van der Waals surface area contributed by atoms with Crippen LogP contribution in [0.5, 0.6) is 0 Å². The van der Waals surface area contributed by atoms with Crippen molar-refractivity contribution in [2.24, 2.45) is 0 Å². The molecule has 0 aliphatic carbocycles. The Bertz CT molecular complexity index is 636. The SMILES string of the molecule is CCN(c1ncc([N+](=O)[O-])cc1Cl)C(C)c1cccnc1. The fourth-order valence-electron chi connectivity index (χ4n) is 2.14. The van der Waals surface area contributed by atoms with E-state index >= 15 is 0 Å². The van der Waals surface area contributed by atoms with Crippen LogP contribution in [0.2, 0.25) is 5.02 Å². The van der Waals surface area contributed by atoms with Crippen molar-refractivity contribution in [3.63, 3.8) is 0 Å². The molecule has 1 unspecified atom stereocenters. The van der Waals surface area contributed by atoms with E-state index in [1.165, 1.54) is 12.3 Å². The normalized spacial score (nSPS) is 12.0. The maximum Gasteiger partial charge on any atom is 0.289 e. The molecule has 0 aromatic carbocycles. The summed E-state index contributed by atoms with van der Waals surface area (Å²) in [6, 6.07) is 5.17. The average Bonchev–Trinajstić information content (AvgIpc) is 2.50. The second-order valence-electron chi connectivity index (χ2n) is 4.50. The summed E-state index contributed by atoms with van der Waals surface area (Å²) < 4.78 is 0. The van der Waals surface area contributed by atoms with Crippen molar-refractivity contribution in [1.29, 1.82) is 0 Å². The first-order valence-electron chi connectivity index (χ1n) is 6.51. The summed E-state index contributed by atoms with van der Waals surface area (Å²) in [7, 11) is 0. The summed E-state index contributed by atoms with van der Waals surface area (Å²) in [5.41, 5.74) is 0.907. The van der Waals surface area contributed by atoms with Gasteiger partial charge in [-0.15, -0.1) is 0 Å². The number of rotatable bonds is 5. The summed E-state index contributed by atoms with van der Waals surface area (Å²) in [4.78, 5) is 20.5. The Hall–Kier alpha value is -2.21. The number of hydrogen-bond donors (Lipinski definition) is 0. The van der Waals surface area contributed by atoms with E-state index in [-0.39, 0.29) is 16.8 Å². The van der Waals surface area contributed by atoms with E-state index in [2.05, 4.69) is 9.97 Å².